The lowest BCUT2D eigenvalue weighted by Gasteiger charge is -2.35. The van der Waals surface area contributed by atoms with Gasteiger partial charge < -0.3 is 14.8 Å². The first-order valence-electron chi connectivity index (χ1n) is 9.66. The lowest BCUT2D eigenvalue weighted by atomic mass is 10.1. The van der Waals surface area contributed by atoms with E-state index in [0.717, 1.165) is 30.2 Å². The van der Waals surface area contributed by atoms with Gasteiger partial charge in [-0.2, -0.15) is 0 Å². The fourth-order valence-electron chi connectivity index (χ4n) is 4.31. The second-order valence-corrected chi connectivity index (χ2v) is 7.75. The van der Waals surface area contributed by atoms with Gasteiger partial charge in [0.25, 0.3) is 0 Å². The van der Waals surface area contributed by atoms with Gasteiger partial charge in [0.2, 0.25) is 0 Å². The van der Waals surface area contributed by atoms with Crippen LogP contribution < -0.4 is 0 Å². The predicted molar refractivity (Wildman–Crippen MR) is 99.4 cm³/mol. The second kappa shape index (κ2) is 7.24. The molecule has 1 aromatic carbocycles. The molecule has 1 aliphatic heterocycles. The number of imidazole rings is 1. The zero-order valence-corrected chi connectivity index (χ0v) is 14.9. The van der Waals surface area contributed by atoms with Gasteiger partial charge >= 0.3 is 0 Å². The molecule has 1 saturated carbocycles. The maximum absolute atomic E-state index is 4.73. The quantitative estimate of drug-likeness (QED) is 0.916. The molecule has 0 spiro atoms. The molecule has 2 heterocycles. The topological polar surface area (TPSA) is 35.2 Å². The molecule has 1 aromatic heterocycles. The monoisotopic (exact) mass is 326 g/mol. The molecule has 1 N–H and O–H groups in total. The van der Waals surface area contributed by atoms with Gasteiger partial charge in [0.15, 0.2) is 0 Å². The molecule has 0 unspecified atom stereocenters. The zero-order valence-electron chi connectivity index (χ0n) is 14.9. The summed E-state index contributed by atoms with van der Waals surface area (Å²) in [5.74, 6) is 2.11. The van der Waals surface area contributed by atoms with Gasteiger partial charge in [-0.15, -0.1) is 0 Å². The van der Waals surface area contributed by atoms with Gasteiger partial charge in [-0.25, -0.2) is 4.98 Å². The molecule has 2 aromatic rings. The molecular weight excluding hydrogens is 296 g/mol. The van der Waals surface area contributed by atoms with E-state index in [1.165, 1.54) is 69.5 Å². The van der Waals surface area contributed by atoms with Crippen LogP contribution in [0.15, 0.2) is 18.2 Å². The number of H-pyrrole nitrogens is 1. The van der Waals surface area contributed by atoms with E-state index in [1.54, 1.807) is 0 Å². The van der Waals surface area contributed by atoms with Crippen molar-refractivity contribution < 1.29 is 0 Å². The number of aromatic amines is 1. The van der Waals surface area contributed by atoms with Crippen LogP contribution in [0.25, 0.3) is 11.0 Å². The molecule has 0 bridgehead atoms. The van der Waals surface area contributed by atoms with Crippen molar-refractivity contribution in [2.75, 3.05) is 39.3 Å². The van der Waals surface area contributed by atoms with Gasteiger partial charge in [0.1, 0.15) is 5.82 Å². The zero-order chi connectivity index (χ0) is 16.4. The van der Waals surface area contributed by atoms with Crippen molar-refractivity contribution in [1.82, 2.24) is 19.8 Å². The second-order valence-electron chi connectivity index (χ2n) is 7.75. The van der Waals surface area contributed by atoms with Crippen LogP contribution in [-0.2, 0) is 6.42 Å². The molecule has 0 amide bonds. The molecule has 1 aliphatic carbocycles. The molecule has 24 heavy (non-hydrogen) atoms. The van der Waals surface area contributed by atoms with Crippen LogP contribution in [0.5, 0.6) is 0 Å². The number of piperazine rings is 1. The maximum Gasteiger partial charge on any atom is 0.108 e. The van der Waals surface area contributed by atoms with Crippen LogP contribution in [0, 0.1) is 12.8 Å². The molecule has 2 fully saturated rings. The van der Waals surface area contributed by atoms with Crippen LogP contribution in [-0.4, -0.2) is 59.0 Å². The van der Waals surface area contributed by atoms with Crippen LogP contribution >= 0.6 is 0 Å². The smallest absolute Gasteiger partial charge is 0.108 e. The van der Waals surface area contributed by atoms with Crippen molar-refractivity contribution >= 4 is 11.0 Å². The Kier molecular flexibility index (Phi) is 4.86. The summed E-state index contributed by atoms with van der Waals surface area (Å²) in [5, 5.41) is 0. The van der Waals surface area contributed by atoms with E-state index < -0.39 is 0 Å². The normalized spacial score (nSPS) is 21.0. The number of hydrogen-bond donors (Lipinski definition) is 1. The summed E-state index contributed by atoms with van der Waals surface area (Å²) in [6, 6.07) is 6.44. The van der Waals surface area contributed by atoms with Gasteiger partial charge in [0, 0.05) is 45.7 Å². The molecule has 4 nitrogen and oxygen atoms in total. The van der Waals surface area contributed by atoms with Gasteiger partial charge in [-0.1, -0.05) is 18.9 Å². The Bertz CT molecular complexity index is 663. The third kappa shape index (κ3) is 3.81. The molecule has 4 heteroatoms. The molecule has 0 atom stereocenters. The third-order valence-electron chi connectivity index (χ3n) is 5.81. The minimum absolute atomic E-state index is 0.982. The number of aryl methyl sites for hydroxylation is 1. The number of hydrogen-bond acceptors (Lipinski definition) is 3. The van der Waals surface area contributed by atoms with Gasteiger partial charge in [-0.05, 0) is 43.4 Å². The highest BCUT2D eigenvalue weighted by Crippen LogP contribution is 2.25. The number of nitrogens with zero attached hydrogens (tertiary/aromatic N) is 3. The van der Waals surface area contributed by atoms with Crippen molar-refractivity contribution in [3.05, 3.63) is 29.6 Å². The number of nitrogens with one attached hydrogen (secondary N) is 1. The fourth-order valence-corrected chi connectivity index (χ4v) is 4.31. The van der Waals surface area contributed by atoms with Crippen LogP contribution in [0.4, 0.5) is 0 Å². The van der Waals surface area contributed by atoms with Gasteiger partial charge in [0.05, 0.1) is 11.0 Å². The Labute approximate surface area is 145 Å². The van der Waals surface area contributed by atoms with E-state index >= 15 is 0 Å². The molecule has 4 rings (SSSR count). The average Bonchev–Trinajstić information content (AvgIpc) is 3.23. The summed E-state index contributed by atoms with van der Waals surface area (Å²) in [6.07, 6.45) is 6.87. The van der Waals surface area contributed by atoms with Crippen LogP contribution in [0.1, 0.15) is 37.1 Å². The van der Waals surface area contributed by atoms with E-state index in [-0.39, 0.29) is 0 Å². The number of fused-ring (bicyclic) bond motifs is 1. The van der Waals surface area contributed by atoms with Crippen LogP contribution in [0.2, 0.25) is 0 Å². The lowest BCUT2D eigenvalue weighted by Crippen LogP contribution is -2.48. The molecule has 2 aliphatic rings. The van der Waals surface area contributed by atoms with Crippen molar-refractivity contribution in [1.29, 1.82) is 0 Å². The summed E-state index contributed by atoms with van der Waals surface area (Å²) < 4.78 is 0. The summed E-state index contributed by atoms with van der Waals surface area (Å²) in [6.45, 7) is 9.52. The first-order valence-corrected chi connectivity index (χ1v) is 9.66. The summed E-state index contributed by atoms with van der Waals surface area (Å²) in [7, 11) is 0. The SMILES string of the molecule is Cc1ccc2nc(CCN3CCN(CC4CCCC4)CC3)[nH]c2c1. The maximum atomic E-state index is 4.73. The number of rotatable bonds is 5. The van der Waals surface area contributed by atoms with Crippen molar-refractivity contribution in [3.8, 4) is 0 Å². The highest BCUT2D eigenvalue weighted by Gasteiger charge is 2.22. The van der Waals surface area contributed by atoms with E-state index in [2.05, 4.69) is 39.9 Å². The number of benzene rings is 1. The van der Waals surface area contributed by atoms with Gasteiger partial charge in [-0.3, -0.25) is 0 Å². The molecular formula is C20H30N4. The third-order valence-corrected chi connectivity index (χ3v) is 5.81. The van der Waals surface area contributed by atoms with Crippen LogP contribution in [0.3, 0.4) is 0 Å². The Morgan fingerprint density at radius 1 is 1.08 bits per heavy atom. The fraction of sp³-hybridized carbons (Fsp3) is 0.650. The first kappa shape index (κ1) is 16.1. The number of aromatic nitrogens is 2. The van der Waals surface area contributed by atoms with Crippen molar-refractivity contribution in [2.45, 2.75) is 39.0 Å². The highest BCUT2D eigenvalue weighted by molar-refractivity contribution is 5.75. The van der Waals surface area contributed by atoms with E-state index in [1.807, 2.05) is 0 Å². The summed E-state index contributed by atoms with van der Waals surface area (Å²) in [5.41, 5.74) is 3.56. The largest absolute Gasteiger partial charge is 0.342 e. The molecule has 1 saturated heterocycles. The van der Waals surface area contributed by atoms with Crippen molar-refractivity contribution in [3.63, 3.8) is 0 Å². The van der Waals surface area contributed by atoms with Crippen molar-refractivity contribution in [2.24, 2.45) is 5.92 Å². The Hall–Kier alpha value is -1.39. The summed E-state index contributed by atoms with van der Waals surface area (Å²) >= 11 is 0. The Balaban J connectivity index is 1.24. The Morgan fingerprint density at radius 2 is 1.83 bits per heavy atom. The Morgan fingerprint density at radius 3 is 2.62 bits per heavy atom. The van der Waals surface area contributed by atoms with E-state index in [4.69, 9.17) is 4.98 Å². The summed E-state index contributed by atoms with van der Waals surface area (Å²) in [4.78, 5) is 13.5. The lowest BCUT2D eigenvalue weighted by molar-refractivity contribution is 0.119. The average molecular weight is 326 g/mol. The standard InChI is InChI=1S/C20H30N4/c1-16-6-7-18-19(14-16)22-20(21-18)8-9-23-10-12-24(13-11-23)15-17-4-2-3-5-17/h6-7,14,17H,2-5,8-13,15H2,1H3,(H,21,22). The molecule has 0 radical (unpaired) electrons. The predicted octanol–water partition coefficient (Wildman–Crippen LogP) is 3.22. The highest BCUT2D eigenvalue weighted by atomic mass is 15.3. The minimum Gasteiger partial charge on any atom is -0.342 e. The van der Waals surface area contributed by atoms with E-state index in [9.17, 15) is 0 Å². The first-order chi connectivity index (χ1) is 11.8. The minimum atomic E-state index is 0.982. The molecule has 130 valence electrons. The van der Waals surface area contributed by atoms with E-state index in [0.29, 0.717) is 0 Å².